The second-order valence-corrected chi connectivity index (χ2v) is 3.60. The molecule has 1 heterocycles. The number of hydrogen-bond acceptors (Lipinski definition) is 3. The van der Waals surface area contributed by atoms with Gasteiger partial charge in [0, 0.05) is 5.92 Å². The van der Waals surface area contributed by atoms with Crippen molar-refractivity contribution < 1.29 is 14.3 Å². The van der Waals surface area contributed by atoms with Gasteiger partial charge in [0.2, 0.25) is 6.29 Å². The third-order valence-corrected chi connectivity index (χ3v) is 2.59. The summed E-state index contributed by atoms with van der Waals surface area (Å²) >= 11 is 0. The zero-order chi connectivity index (χ0) is 10.5. The Labute approximate surface area is 89.0 Å². The number of carbonyl (C=O) groups is 1. The molecule has 3 nitrogen and oxygen atoms in total. The SMILES string of the molecule is O=CC1OCCC(c2ccccc2)CO1. The maximum absolute atomic E-state index is 10.5. The van der Waals surface area contributed by atoms with Crippen molar-refractivity contribution in [2.45, 2.75) is 18.6 Å². The predicted molar refractivity (Wildman–Crippen MR) is 55.6 cm³/mol. The molecular formula is C12H14O3. The molecule has 0 radical (unpaired) electrons. The lowest BCUT2D eigenvalue weighted by Crippen LogP contribution is -2.17. The maximum Gasteiger partial charge on any atom is 0.214 e. The van der Waals surface area contributed by atoms with Crippen molar-refractivity contribution in [2.75, 3.05) is 13.2 Å². The van der Waals surface area contributed by atoms with Gasteiger partial charge in [-0.2, -0.15) is 0 Å². The molecular weight excluding hydrogens is 192 g/mol. The van der Waals surface area contributed by atoms with Crippen LogP contribution in [0.15, 0.2) is 30.3 Å². The largest absolute Gasteiger partial charge is 0.346 e. The maximum atomic E-state index is 10.5. The summed E-state index contributed by atoms with van der Waals surface area (Å²) in [5.41, 5.74) is 1.24. The molecule has 0 aromatic heterocycles. The van der Waals surface area contributed by atoms with Crippen molar-refractivity contribution in [3.8, 4) is 0 Å². The van der Waals surface area contributed by atoms with E-state index in [1.807, 2.05) is 18.2 Å². The molecule has 80 valence electrons. The number of hydrogen-bond donors (Lipinski definition) is 0. The van der Waals surface area contributed by atoms with Gasteiger partial charge in [-0.25, -0.2) is 0 Å². The van der Waals surface area contributed by atoms with Crippen molar-refractivity contribution in [1.29, 1.82) is 0 Å². The Morgan fingerprint density at radius 3 is 2.73 bits per heavy atom. The van der Waals surface area contributed by atoms with Gasteiger partial charge >= 0.3 is 0 Å². The fourth-order valence-corrected chi connectivity index (χ4v) is 1.74. The molecule has 1 fully saturated rings. The van der Waals surface area contributed by atoms with E-state index >= 15 is 0 Å². The van der Waals surface area contributed by atoms with E-state index in [4.69, 9.17) is 9.47 Å². The average molecular weight is 206 g/mol. The molecule has 0 saturated carbocycles. The van der Waals surface area contributed by atoms with Crippen LogP contribution in [0.5, 0.6) is 0 Å². The molecule has 0 amide bonds. The highest BCUT2D eigenvalue weighted by Gasteiger charge is 2.19. The van der Waals surface area contributed by atoms with Crippen LogP contribution < -0.4 is 0 Å². The lowest BCUT2D eigenvalue weighted by Gasteiger charge is -2.13. The van der Waals surface area contributed by atoms with Crippen LogP contribution in [0.25, 0.3) is 0 Å². The Hall–Kier alpha value is -1.19. The van der Waals surface area contributed by atoms with Gasteiger partial charge in [0.25, 0.3) is 0 Å². The normalized spacial score (nSPS) is 26.9. The molecule has 0 N–H and O–H groups in total. The Morgan fingerprint density at radius 1 is 1.20 bits per heavy atom. The molecule has 2 rings (SSSR count). The Bertz CT molecular complexity index is 310. The summed E-state index contributed by atoms with van der Waals surface area (Å²) in [5.74, 6) is 0.330. The van der Waals surface area contributed by atoms with E-state index in [1.54, 1.807) is 0 Å². The first kappa shape index (κ1) is 10.3. The molecule has 1 aliphatic heterocycles. The highest BCUT2D eigenvalue weighted by molar-refractivity contribution is 5.53. The molecule has 2 unspecified atom stereocenters. The molecule has 2 atom stereocenters. The van der Waals surface area contributed by atoms with Crippen LogP contribution in [0.4, 0.5) is 0 Å². The van der Waals surface area contributed by atoms with Crippen molar-refractivity contribution in [3.63, 3.8) is 0 Å². The molecule has 15 heavy (non-hydrogen) atoms. The molecule has 0 spiro atoms. The summed E-state index contributed by atoms with van der Waals surface area (Å²) < 4.78 is 10.5. The second kappa shape index (κ2) is 5.05. The number of benzene rings is 1. The molecule has 0 aliphatic carbocycles. The van der Waals surface area contributed by atoms with E-state index < -0.39 is 6.29 Å². The first-order valence-corrected chi connectivity index (χ1v) is 5.13. The molecule has 1 saturated heterocycles. The topological polar surface area (TPSA) is 35.5 Å². The Kier molecular flexibility index (Phi) is 3.48. The highest BCUT2D eigenvalue weighted by atomic mass is 16.7. The highest BCUT2D eigenvalue weighted by Crippen LogP contribution is 2.22. The van der Waals surface area contributed by atoms with E-state index in [2.05, 4.69) is 12.1 Å². The summed E-state index contributed by atoms with van der Waals surface area (Å²) in [4.78, 5) is 10.5. The smallest absolute Gasteiger partial charge is 0.214 e. The van der Waals surface area contributed by atoms with E-state index in [9.17, 15) is 4.79 Å². The average Bonchev–Trinajstić information content (AvgIpc) is 2.55. The van der Waals surface area contributed by atoms with Gasteiger partial charge in [-0.05, 0) is 12.0 Å². The minimum absolute atomic E-state index is 0.330. The molecule has 3 heteroatoms. The van der Waals surface area contributed by atoms with Gasteiger partial charge in [0.15, 0.2) is 6.29 Å². The number of rotatable bonds is 2. The zero-order valence-electron chi connectivity index (χ0n) is 8.46. The molecule has 1 aromatic rings. The fraction of sp³-hybridized carbons (Fsp3) is 0.417. The van der Waals surface area contributed by atoms with Gasteiger partial charge in [0.1, 0.15) is 0 Å². The Morgan fingerprint density at radius 2 is 2.00 bits per heavy atom. The van der Waals surface area contributed by atoms with E-state index in [0.717, 1.165) is 6.42 Å². The van der Waals surface area contributed by atoms with Gasteiger partial charge in [-0.15, -0.1) is 0 Å². The van der Waals surface area contributed by atoms with Crippen LogP contribution in [0.3, 0.4) is 0 Å². The van der Waals surface area contributed by atoms with E-state index in [1.165, 1.54) is 5.56 Å². The lowest BCUT2D eigenvalue weighted by molar-refractivity contribution is -0.151. The predicted octanol–water partition coefficient (Wildman–Crippen LogP) is 1.73. The standard InChI is InChI=1S/C12H14O3/c13-8-12-14-7-6-11(9-15-12)10-4-2-1-3-5-10/h1-5,8,11-12H,6-7,9H2. The van der Waals surface area contributed by atoms with E-state index in [-0.39, 0.29) is 0 Å². The fourth-order valence-electron chi connectivity index (χ4n) is 1.74. The zero-order valence-corrected chi connectivity index (χ0v) is 8.46. The van der Waals surface area contributed by atoms with Gasteiger partial charge in [-0.1, -0.05) is 30.3 Å². The van der Waals surface area contributed by atoms with E-state index in [0.29, 0.717) is 25.4 Å². The van der Waals surface area contributed by atoms with Crippen molar-refractivity contribution in [3.05, 3.63) is 35.9 Å². The number of ether oxygens (including phenoxy) is 2. The van der Waals surface area contributed by atoms with Crippen molar-refractivity contribution in [2.24, 2.45) is 0 Å². The van der Waals surface area contributed by atoms with Crippen molar-refractivity contribution in [1.82, 2.24) is 0 Å². The van der Waals surface area contributed by atoms with Crippen LogP contribution in [-0.2, 0) is 14.3 Å². The van der Waals surface area contributed by atoms with Gasteiger partial charge in [0.05, 0.1) is 13.2 Å². The van der Waals surface area contributed by atoms with Gasteiger partial charge < -0.3 is 9.47 Å². The van der Waals surface area contributed by atoms with Crippen LogP contribution in [0.1, 0.15) is 17.9 Å². The van der Waals surface area contributed by atoms with Crippen LogP contribution >= 0.6 is 0 Å². The summed E-state index contributed by atoms with van der Waals surface area (Å²) in [6.07, 6.45) is 0.917. The summed E-state index contributed by atoms with van der Waals surface area (Å²) in [6.45, 7) is 1.12. The van der Waals surface area contributed by atoms with Crippen LogP contribution in [0.2, 0.25) is 0 Å². The third-order valence-electron chi connectivity index (χ3n) is 2.59. The quantitative estimate of drug-likeness (QED) is 0.691. The molecule has 1 aliphatic rings. The first-order valence-electron chi connectivity index (χ1n) is 5.13. The lowest BCUT2D eigenvalue weighted by atomic mass is 9.97. The summed E-state index contributed by atoms with van der Waals surface area (Å²) in [6, 6.07) is 10.2. The minimum Gasteiger partial charge on any atom is -0.346 e. The summed E-state index contributed by atoms with van der Waals surface area (Å²) in [5, 5.41) is 0. The first-order chi connectivity index (χ1) is 7.40. The number of carbonyl (C=O) groups excluding carboxylic acids is 1. The Balaban J connectivity index is 2.02. The molecule has 1 aromatic carbocycles. The molecule has 0 bridgehead atoms. The minimum atomic E-state index is -0.682. The summed E-state index contributed by atoms with van der Waals surface area (Å²) in [7, 11) is 0. The van der Waals surface area contributed by atoms with Crippen LogP contribution in [0, 0.1) is 0 Å². The van der Waals surface area contributed by atoms with Crippen molar-refractivity contribution >= 4 is 6.29 Å². The van der Waals surface area contributed by atoms with Gasteiger partial charge in [-0.3, -0.25) is 4.79 Å². The van der Waals surface area contributed by atoms with Crippen LogP contribution in [-0.4, -0.2) is 25.8 Å². The second-order valence-electron chi connectivity index (χ2n) is 3.60. The monoisotopic (exact) mass is 206 g/mol. The number of aldehydes is 1. The third kappa shape index (κ3) is 2.64.